The molecule has 86 valence electrons. The van der Waals surface area contributed by atoms with Crippen molar-refractivity contribution >= 4 is 9.45 Å². The van der Waals surface area contributed by atoms with Crippen LogP contribution in [0.2, 0.25) is 0 Å². The van der Waals surface area contributed by atoms with Crippen LogP contribution >= 0.6 is 0 Å². The van der Waals surface area contributed by atoms with Crippen LogP contribution in [0.25, 0.3) is 0 Å². The molecule has 0 saturated heterocycles. The largest absolute Gasteiger partial charge is 0.408 e. The SMILES string of the molecule is CO[SiH](NC(C)(C)CC(C)(C)C)OC. The Morgan fingerprint density at radius 1 is 1.00 bits per heavy atom. The summed E-state index contributed by atoms with van der Waals surface area (Å²) in [6, 6.07) is 0. The van der Waals surface area contributed by atoms with Gasteiger partial charge in [-0.15, -0.1) is 0 Å². The van der Waals surface area contributed by atoms with Crippen LogP contribution < -0.4 is 4.98 Å². The van der Waals surface area contributed by atoms with Crippen molar-refractivity contribution in [3.05, 3.63) is 0 Å². The molecule has 3 nitrogen and oxygen atoms in total. The lowest BCUT2D eigenvalue weighted by Crippen LogP contribution is -2.52. The third kappa shape index (κ3) is 6.54. The monoisotopic (exact) mass is 219 g/mol. The molecule has 0 atom stereocenters. The average Bonchev–Trinajstić information content (AvgIpc) is 1.95. The molecule has 0 fully saturated rings. The first-order chi connectivity index (χ1) is 6.20. The molecular formula is C10H25NO2Si. The van der Waals surface area contributed by atoms with Crippen molar-refractivity contribution in [2.24, 2.45) is 5.41 Å². The molecule has 0 amide bonds. The molecule has 0 unspecified atom stereocenters. The molecule has 0 aromatic heterocycles. The Morgan fingerprint density at radius 2 is 1.43 bits per heavy atom. The third-order valence-electron chi connectivity index (χ3n) is 1.91. The predicted molar refractivity (Wildman–Crippen MR) is 62.5 cm³/mol. The maximum Gasteiger partial charge on any atom is 0.408 e. The van der Waals surface area contributed by atoms with Crippen molar-refractivity contribution in [2.45, 2.75) is 46.6 Å². The fraction of sp³-hybridized carbons (Fsp3) is 1.00. The van der Waals surface area contributed by atoms with E-state index in [9.17, 15) is 0 Å². The van der Waals surface area contributed by atoms with Gasteiger partial charge in [0, 0.05) is 19.8 Å². The molecule has 0 heterocycles. The molecule has 0 aromatic rings. The van der Waals surface area contributed by atoms with Crippen molar-refractivity contribution in [3.63, 3.8) is 0 Å². The second kappa shape index (κ2) is 5.26. The van der Waals surface area contributed by atoms with Gasteiger partial charge in [0.1, 0.15) is 0 Å². The van der Waals surface area contributed by atoms with Crippen LogP contribution in [0.5, 0.6) is 0 Å². The van der Waals surface area contributed by atoms with E-state index in [2.05, 4.69) is 39.6 Å². The highest BCUT2D eigenvalue weighted by Gasteiger charge is 2.28. The van der Waals surface area contributed by atoms with E-state index in [1.165, 1.54) is 0 Å². The van der Waals surface area contributed by atoms with Gasteiger partial charge < -0.3 is 8.85 Å². The van der Waals surface area contributed by atoms with Gasteiger partial charge in [0.05, 0.1) is 0 Å². The number of rotatable bonds is 5. The van der Waals surface area contributed by atoms with E-state index >= 15 is 0 Å². The molecule has 0 aliphatic heterocycles. The Hall–Kier alpha value is 0.0969. The van der Waals surface area contributed by atoms with Gasteiger partial charge in [0.25, 0.3) is 0 Å². The Balaban J connectivity index is 4.18. The predicted octanol–water partition coefficient (Wildman–Crippen LogP) is 1.80. The first-order valence-electron chi connectivity index (χ1n) is 5.03. The summed E-state index contributed by atoms with van der Waals surface area (Å²) in [5.41, 5.74) is 0.387. The van der Waals surface area contributed by atoms with E-state index in [0.717, 1.165) is 6.42 Å². The van der Waals surface area contributed by atoms with Crippen LogP contribution in [0.1, 0.15) is 41.0 Å². The standard InChI is InChI=1S/C10H25NO2Si/c1-9(2,3)8-10(4,5)11-14(12-6)13-7/h11,14H,8H2,1-7H3. The topological polar surface area (TPSA) is 30.5 Å². The molecule has 0 aromatic carbocycles. The lowest BCUT2D eigenvalue weighted by atomic mass is 9.82. The number of nitrogens with one attached hydrogen (secondary N) is 1. The Kier molecular flexibility index (Phi) is 5.29. The first-order valence-corrected chi connectivity index (χ1v) is 6.55. The van der Waals surface area contributed by atoms with Gasteiger partial charge in [-0.1, -0.05) is 20.8 Å². The Morgan fingerprint density at radius 3 is 1.71 bits per heavy atom. The van der Waals surface area contributed by atoms with Gasteiger partial charge in [0.15, 0.2) is 0 Å². The van der Waals surface area contributed by atoms with Crippen molar-refractivity contribution in [3.8, 4) is 0 Å². The van der Waals surface area contributed by atoms with Gasteiger partial charge in [-0.2, -0.15) is 0 Å². The van der Waals surface area contributed by atoms with Gasteiger partial charge >= 0.3 is 9.45 Å². The summed E-state index contributed by atoms with van der Waals surface area (Å²) in [4.78, 5) is 3.44. The number of hydrogen-bond donors (Lipinski definition) is 1. The summed E-state index contributed by atoms with van der Waals surface area (Å²) in [5.74, 6) is 0. The number of hydrogen-bond acceptors (Lipinski definition) is 3. The van der Waals surface area contributed by atoms with Gasteiger partial charge in [0.2, 0.25) is 0 Å². The normalized spacial score (nSPS) is 13.7. The van der Waals surface area contributed by atoms with E-state index in [1.807, 2.05) is 0 Å². The molecule has 14 heavy (non-hydrogen) atoms. The van der Waals surface area contributed by atoms with Crippen molar-refractivity contribution in [2.75, 3.05) is 14.2 Å². The molecule has 0 saturated carbocycles. The van der Waals surface area contributed by atoms with E-state index in [4.69, 9.17) is 8.85 Å². The van der Waals surface area contributed by atoms with Crippen molar-refractivity contribution in [1.29, 1.82) is 0 Å². The lowest BCUT2D eigenvalue weighted by molar-refractivity contribution is 0.213. The second-order valence-electron chi connectivity index (χ2n) is 5.57. The summed E-state index contributed by atoms with van der Waals surface area (Å²) in [5, 5.41) is 0. The van der Waals surface area contributed by atoms with Crippen LogP contribution in [-0.4, -0.2) is 29.2 Å². The zero-order chi connectivity index (χ0) is 11.4. The van der Waals surface area contributed by atoms with E-state index in [-0.39, 0.29) is 5.54 Å². The highest BCUT2D eigenvalue weighted by Crippen LogP contribution is 2.26. The third-order valence-corrected chi connectivity index (χ3v) is 3.78. The summed E-state index contributed by atoms with van der Waals surface area (Å²) < 4.78 is 10.5. The maximum absolute atomic E-state index is 5.26. The minimum absolute atomic E-state index is 0.0706. The molecule has 0 rings (SSSR count). The summed E-state index contributed by atoms with van der Waals surface area (Å²) in [6.07, 6.45) is 1.09. The van der Waals surface area contributed by atoms with Crippen LogP contribution in [0.3, 0.4) is 0 Å². The van der Waals surface area contributed by atoms with Gasteiger partial charge in [-0.25, -0.2) is 0 Å². The molecular weight excluding hydrogens is 194 g/mol. The molecule has 0 aliphatic carbocycles. The van der Waals surface area contributed by atoms with Crippen LogP contribution in [0.4, 0.5) is 0 Å². The highest BCUT2D eigenvalue weighted by atomic mass is 28.3. The van der Waals surface area contributed by atoms with Crippen LogP contribution in [-0.2, 0) is 8.85 Å². The minimum Gasteiger partial charge on any atom is -0.388 e. The summed E-state index contributed by atoms with van der Waals surface area (Å²) >= 11 is 0. The Labute approximate surface area is 90.1 Å². The van der Waals surface area contributed by atoms with Crippen molar-refractivity contribution < 1.29 is 8.85 Å². The first kappa shape index (κ1) is 14.1. The van der Waals surface area contributed by atoms with Crippen molar-refractivity contribution in [1.82, 2.24) is 4.98 Å². The zero-order valence-electron chi connectivity index (χ0n) is 10.6. The average molecular weight is 219 g/mol. The van der Waals surface area contributed by atoms with Gasteiger partial charge in [-0.3, -0.25) is 4.98 Å². The Bertz CT molecular complexity index is 162. The molecule has 0 radical (unpaired) electrons. The van der Waals surface area contributed by atoms with Gasteiger partial charge in [-0.05, 0) is 25.7 Å². The molecule has 0 bridgehead atoms. The fourth-order valence-corrected chi connectivity index (χ4v) is 3.08. The molecule has 0 spiro atoms. The smallest absolute Gasteiger partial charge is 0.388 e. The summed E-state index contributed by atoms with van der Waals surface area (Å²) in [6.45, 7) is 11.1. The molecule has 4 heteroatoms. The van der Waals surface area contributed by atoms with Crippen LogP contribution in [0.15, 0.2) is 0 Å². The highest BCUT2D eigenvalue weighted by molar-refractivity contribution is 6.41. The minimum atomic E-state index is -1.66. The van der Waals surface area contributed by atoms with E-state index < -0.39 is 9.45 Å². The van der Waals surface area contributed by atoms with E-state index in [1.54, 1.807) is 14.2 Å². The molecule has 1 N–H and O–H groups in total. The molecule has 0 aliphatic rings. The maximum atomic E-state index is 5.26. The summed E-state index contributed by atoms with van der Waals surface area (Å²) in [7, 11) is 1.73. The van der Waals surface area contributed by atoms with E-state index in [0.29, 0.717) is 5.41 Å². The quantitative estimate of drug-likeness (QED) is 0.715. The second-order valence-corrected chi connectivity index (χ2v) is 7.46. The lowest BCUT2D eigenvalue weighted by Gasteiger charge is -2.35. The zero-order valence-corrected chi connectivity index (χ0v) is 11.8. The fourth-order valence-electron chi connectivity index (χ4n) is 1.91. The van der Waals surface area contributed by atoms with Crippen LogP contribution in [0, 0.1) is 5.41 Å².